The van der Waals surface area contributed by atoms with Crippen LogP contribution in [0.1, 0.15) is 24.2 Å². The molecule has 4 aromatic rings. The predicted octanol–water partition coefficient (Wildman–Crippen LogP) is 4.03. The molecule has 1 fully saturated rings. The highest BCUT2D eigenvalue weighted by molar-refractivity contribution is 5.94. The standard InChI is InChI=1S/C22H25N5O/c1-14-24-21-18(7-8-23-22(21)25-14)20-11-16-10-15(5-6-19(16)26-20)12-27-9-3-4-17(27)13-28-2/h5-8,10-11,17,26H,3-4,9,12-13H2,1-2H3,(H,23,24,25). The van der Waals surface area contributed by atoms with Crippen molar-refractivity contribution in [2.24, 2.45) is 0 Å². The molecule has 1 saturated heterocycles. The third-order valence-electron chi connectivity index (χ3n) is 5.72. The van der Waals surface area contributed by atoms with Crippen molar-refractivity contribution in [1.29, 1.82) is 0 Å². The zero-order valence-electron chi connectivity index (χ0n) is 16.3. The Hall–Kier alpha value is -2.70. The molecular weight excluding hydrogens is 350 g/mol. The van der Waals surface area contributed by atoms with Gasteiger partial charge >= 0.3 is 0 Å². The Morgan fingerprint density at radius 2 is 2.14 bits per heavy atom. The van der Waals surface area contributed by atoms with Crippen LogP contribution in [0.3, 0.4) is 0 Å². The first kappa shape index (κ1) is 17.4. The van der Waals surface area contributed by atoms with Crippen LogP contribution in [-0.2, 0) is 11.3 Å². The molecule has 6 nitrogen and oxygen atoms in total. The Morgan fingerprint density at radius 3 is 3.04 bits per heavy atom. The summed E-state index contributed by atoms with van der Waals surface area (Å²) in [5, 5.41) is 1.23. The average Bonchev–Trinajstić information content (AvgIpc) is 3.39. The molecule has 28 heavy (non-hydrogen) atoms. The number of imidazole rings is 1. The molecule has 1 aliphatic rings. The second-order valence-electron chi connectivity index (χ2n) is 7.70. The van der Waals surface area contributed by atoms with Crippen LogP contribution < -0.4 is 0 Å². The zero-order chi connectivity index (χ0) is 19.1. The van der Waals surface area contributed by atoms with Crippen LogP contribution in [0, 0.1) is 6.92 Å². The molecule has 3 aromatic heterocycles. The van der Waals surface area contributed by atoms with Crippen LogP contribution in [0.15, 0.2) is 36.5 Å². The molecule has 1 aromatic carbocycles. The molecule has 1 unspecified atom stereocenters. The molecule has 0 saturated carbocycles. The third-order valence-corrected chi connectivity index (χ3v) is 5.72. The number of H-pyrrole nitrogens is 2. The Balaban J connectivity index is 1.47. The Kier molecular flexibility index (Phi) is 4.37. The molecular formula is C22H25N5O. The lowest BCUT2D eigenvalue weighted by Gasteiger charge is -2.23. The fourth-order valence-electron chi connectivity index (χ4n) is 4.39. The van der Waals surface area contributed by atoms with Gasteiger partial charge in [-0.3, -0.25) is 4.90 Å². The monoisotopic (exact) mass is 375 g/mol. The Morgan fingerprint density at radius 1 is 1.21 bits per heavy atom. The molecule has 0 amide bonds. The van der Waals surface area contributed by atoms with E-state index in [-0.39, 0.29) is 0 Å². The van der Waals surface area contributed by atoms with E-state index >= 15 is 0 Å². The lowest BCUT2D eigenvalue weighted by atomic mass is 10.1. The molecule has 1 aliphatic heterocycles. The van der Waals surface area contributed by atoms with E-state index in [1.165, 1.54) is 23.8 Å². The summed E-state index contributed by atoms with van der Waals surface area (Å²) >= 11 is 0. The first-order valence-corrected chi connectivity index (χ1v) is 9.87. The van der Waals surface area contributed by atoms with E-state index in [4.69, 9.17) is 4.74 Å². The molecule has 5 rings (SSSR count). The number of aryl methyl sites for hydroxylation is 1. The summed E-state index contributed by atoms with van der Waals surface area (Å²) in [7, 11) is 1.79. The number of aromatic nitrogens is 4. The summed E-state index contributed by atoms with van der Waals surface area (Å²) in [6.07, 6.45) is 4.31. The average molecular weight is 375 g/mol. The largest absolute Gasteiger partial charge is 0.383 e. The second kappa shape index (κ2) is 7.04. The lowest BCUT2D eigenvalue weighted by molar-refractivity contribution is 0.112. The van der Waals surface area contributed by atoms with Crippen molar-refractivity contribution in [3.8, 4) is 11.3 Å². The molecule has 2 N–H and O–H groups in total. The van der Waals surface area contributed by atoms with E-state index in [0.29, 0.717) is 6.04 Å². The fraction of sp³-hybridized carbons (Fsp3) is 0.364. The molecule has 0 radical (unpaired) electrons. The van der Waals surface area contributed by atoms with E-state index in [2.05, 4.69) is 49.1 Å². The number of nitrogens with one attached hydrogen (secondary N) is 2. The predicted molar refractivity (Wildman–Crippen MR) is 111 cm³/mol. The van der Waals surface area contributed by atoms with Gasteiger partial charge in [-0.05, 0) is 56.1 Å². The Labute approximate surface area is 163 Å². The van der Waals surface area contributed by atoms with Crippen LogP contribution in [0.5, 0.6) is 0 Å². The summed E-state index contributed by atoms with van der Waals surface area (Å²) in [6.45, 7) is 4.90. The maximum Gasteiger partial charge on any atom is 0.158 e. The van der Waals surface area contributed by atoms with Crippen molar-refractivity contribution in [3.05, 3.63) is 47.9 Å². The van der Waals surface area contributed by atoms with Gasteiger partial charge in [-0.1, -0.05) is 6.07 Å². The highest BCUT2D eigenvalue weighted by Crippen LogP contribution is 2.29. The normalized spacial score (nSPS) is 17.9. The number of hydrogen-bond donors (Lipinski definition) is 2. The van der Waals surface area contributed by atoms with Crippen LogP contribution in [0.4, 0.5) is 0 Å². The first-order valence-electron chi connectivity index (χ1n) is 9.87. The molecule has 0 bridgehead atoms. The summed E-state index contributed by atoms with van der Waals surface area (Å²) in [6, 6.07) is 11.5. The van der Waals surface area contributed by atoms with Gasteiger partial charge in [0.05, 0.1) is 6.61 Å². The van der Waals surface area contributed by atoms with Gasteiger partial charge in [0.1, 0.15) is 11.3 Å². The summed E-state index contributed by atoms with van der Waals surface area (Å²) in [5.41, 5.74) is 6.37. The highest BCUT2D eigenvalue weighted by Gasteiger charge is 2.24. The number of nitrogens with zero attached hydrogens (tertiary/aromatic N) is 3. The maximum absolute atomic E-state index is 5.39. The zero-order valence-corrected chi connectivity index (χ0v) is 16.3. The molecule has 6 heteroatoms. The van der Waals surface area contributed by atoms with Gasteiger partial charge < -0.3 is 14.7 Å². The van der Waals surface area contributed by atoms with Gasteiger partial charge in [0.2, 0.25) is 0 Å². The van der Waals surface area contributed by atoms with Gasteiger partial charge in [0, 0.05) is 48.1 Å². The minimum atomic E-state index is 0.537. The van der Waals surface area contributed by atoms with Gasteiger partial charge in [-0.25, -0.2) is 9.97 Å². The Bertz CT molecular complexity index is 1130. The minimum Gasteiger partial charge on any atom is -0.383 e. The van der Waals surface area contributed by atoms with Crippen LogP contribution in [0.2, 0.25) is 0 Å². The van der Waals surface area contributed by atoms with Crippen molar-refractivity contribution >= 4 is 22.1 Å². The number of aromatic amines is 2. The number of pyridine rings is 1. The van der Waals surface area contributed by atoms with Crippen molar-refractivity contribution in [2.75, 3.05) is 20.3 Å². The van der Waals surface area contributed by atoms with Crippen LogP contribution in [-0.4, -0.2) is 51.1 Å². The molecule has 1 atom stereocenters. The summed E-state index contributed by atoms with van der Waals surface area (Å²) in [5.74, 6) is 0.879. The first-order chi connectivity index (χ1) is 13.7. The summed E-state index contributed by atoms with van der Waals surface area (Å²) in [4.78, 5) is 18.3. The van der Waals surface area contributed by atoms with E-state index < -0.39 is 0 Å². The number of ether oxygens (including phenoxy) is 1. The SMILES string of the molecule is COCC1CCCN1Cc1ccc2[nH]c(-c3ccnc4[nH]c(C)nc34)cc2c1. The molecule has 0 aliphatic carbocycles. The van der Waals surface area contributed by atoms with Crippen LogP contribution in [0.25, 0.3) is 33.3 Å². The van der Waals surface area contributed by atoms with Crippen molar-refractivity contribution in [1.82, 2.24) is 24.8 Å². The second-order valence-corrected chi connectivity index (χ2v) is 7.70. The van der Waals surface area contributed by atoms with E-state index in [9.17, 15) is 0 Å². The van der Waals surface area contributed by atoms with Crippen LogP contribution >= 0.6 is 0 Å². The lowest BCUT2D eigenvalue weighted by Crippen LogP contribution is -2.32. The van der Waals surface area contributed by atoms with Crippen molar-refractivity contribution in [3.63, 3.8) is 0 Å². The van der Waals surface area contributed by atoms with Crippen molar-refractivity contribution < 1.29 is 4.74 Å². The van der Waals surface area contributed by atoms with Gasteiger partial charge in [-0.2, -0.15) is 0 Å². The van der Waals surface area contributed by atoms with E-state index in [1.54, 1.807) is 7.11 Å². The van der Waals surface area contributed by atoms with E-state index in [0.717, 1.165) is 53.5 Å². The highest BCUT2D eigenvalue weighted by atomic mass is 16.5. The van der Waals surface area contributed by atoms with E-state index in [1.807, 2.05) is 19.2 Å². The molecule has 4 heterocycles. The maximum atomic E-state index is 5.39. The number of likely N-dealkylation sites (tertiary alicyclic amines) is 1. The third kappa shape index (κ3) is 3.08. The molecule has 144 valence electrons. The minimum absolute atomic E-state index is 0.537. The number of fused-ring (bicyclic) bond motifs is 2. The topological polar surface area (TPSA) is 69.8 Å². The van der Waals surface area contributed by atoms with Gasteiger partial charge in [0.25, 0.3) is 0 Å². The number of hydrogen-bond acceptors (Lipinski definition) is 4. The van der Waals surface area contributed by atoms with Gasteiger partial charge in [0.15, 0.2) is 5.65 Å². The number of benzene rings is 1. The van der Waals surface area contributed by atoms with Gasteiger partial charge in [-0.15, -0.1) is 0 Å². The number of methoxy groups -OCH3 is 1. The summed E-state index contributed by atoms with van der Waals surface area (Å²) < 4.78 is 5.39. The number of rotatable bonds is 5. The van der Waals surface area contributed by atoms with Crippen molar-refractivity contribution in [2.45, 2.75) is 32.4 Å². The molecule has 0 spiro atoms. The smallest absolute Gasteiger partial charge is 0.158 e. The fourth-order valence-corrected chi connectivity index (χ4v) is 4.39. The quantitative estimate of drug-likeness (QED) is 0.553.